The molecule has 0 spiro atoms. The van der Waals surface area contributed by atoms with Crippen LogP contribution >= 0.6 is 11.3 Å². The maximum atomic E-state index is 11.7. The zero-order chi connectivity index (χ0) is 15.9. The Kier molecular flexibility index (Phi) is 5.95. The molecule has 0 bridgehead atoms. The summed E-state index contributed by atoms with van der Waals surface area (Å²) in [5, 5.41) is 5.95. The highest BCUT2D eigenvalue weighted by atomic mass is 32.1. The quantitative estimate of drug-likeness (QED) is 0.850. The van der Waals surface area contributed by atoms with Gasteiger partial charge in [0.05, 0.1) is 17.8 Å². The molecule has 0 aliphatic rings. The van der Waals surface area contributed by atoms with Gasteiger partial charge >= 0.3 is 0 Å². The van der Waals surface area contributed by atoms with Crippen molar-refractivity contribution in [1.29, 1.82) is 0 Å². The number of nitrogens with one attached hydrogen (secondary N) is 1. The van der Waals surface area contributed by atoms with E-state index in [2.05, 4.69) is 24.1 Å². The van der Waals surface area contributed by atoms with Gasteiger partial charge in [-0.05, 0) is 30.2 Å². The molecular formula is C17H22N2O2S. The second-order valence-corrected chi connectivity index (χ2v) is 6.50. The van der Waals surface area contributed by atoms with Crippen LogP contribution in [0.1, 0.15) is 25.3 Å². The molecule has 0 radical (unpaired) electrons. The van der Waals surface area contributed by atoms with Crippen molar-refractivity contribution < 1.29 is 9.53 Å². The Labute approximate surface area is 135 Å². The van der Waals surface area contributed by atoms with Crippen molar-refractivity contribution in [3.63, 3.8) is 0 Å². The van der Waals surface area contributed by atoms with E-state index in [1.807, 2.05) is 29.6 Å². The average Bonchev–Trinajstić information content (AvgIpc) is 3.00. The lowest BCUT2D eigenvalue weighted by Crippen LogP contribution is -2.27. The number of ether oxygens (including phenoxy) is 1. The van der Waals surface area contributed by atoms with Crippen LogP contribution in [0.4, 0.5) is 0 Å². The first-order chi connectivity index (χ1) is 10.6. The maximum absolute atomic E-state index is 11.7. The van der Waals surface area contributed by atoms with Gasteiger partial charge in [0.1, 0.15) is 5.75 Å². The van der Waals surface area contributed by atoms with E-state index in [-0.39, 0.29) is 5.91 Å². The molecule has 2 rings (SSSR count). The van der Waals surface area contributed by atoms with Crippen molar-refractivity contribution in [2.75, 3.05) is 13.7 Å². The highest BCUT2D eigenvalue weighted by Gasteiger charge is 2.08. The summed E-state index contributed by atoms with van der Waals surface area (Å²) in [6.07, 6.45) is 1.17. The van der Waals surface area contributed by atoms with Crippen molar-refractivity contribution >= 4 is 17.2 Å². The number of aryl methyl sites for hydroxylation is 1. The number of hydrogen-bond donors (Lipinski definition) is 1. The number of methoxy groups -OCH3 is 1. The van der Waals surface area contributed by atoms with Crippen molar-refractivity contribution in [3.8, 4) is 17.0 Å². The van der Waals surface area contributed by atoms with Crippen LogP contribution < -0.4 is 10.1 Å². The molecule has 0 atom stereocenters. The fraction of sp³-hybridized carbons (Fsp3) is 0.412. The fourth-order valence-electron chi connectivity index (χ4n) is 1.95. The summed E-state index contributed by atoms with van der Waals surface area (Å²) in [4.78, 5) is 16.3. The molecule has 4 nitrogen and oxygen atoms in total. The van der Waals surface area contributed by atoms with Gasteiger partial charge in [-0.15, -0.1) is 11.3 Å². The molecule has 1 heterocycles. The van der Waals surface area contributed by atoms with Crippen molar-refractivity contribution in [1.82, 2.24) is 10.3 Å². The zero-order valence-electron chi connectivity index (χ0n) is 13.3. The van der Waals surface area contributed by atoms with Gasteiger partial charge < -0.3 is 10.1 Å². The number of carbonyl (C=O) groups excluding carboxylic acids is 1. The summed E-state index contributed by atoms with van der Waals surface area (Å²) in [5.41, 5.74) is 2.01. The summed E-state index contributed by atoms with van der Waals surface area (Å²) in [6, 6.07) is 7.83. The van der Waals surface area contributed by atoms with Gasteiger partial charge in [0, 0.05) is 30.3 Å². The zero-order valence-corrected chi connectivity index (χ0v) is 14.1. The van der Waals surface area contributed by atoms with E-state index in [0.717, 1.165) is 28.6 Å². The lowest BCUT2D eigenvalue weighted by atomic mass is 10.2. The first-order valence-electron chi connectivity index (χ1n) is 7.44. The minimum Gasteiger partial charge on any atom is -0.497 e. The Bertz CT molecular complexity index is 605. The molecule has 1 aromatic carbocycles. The molecule has 0 aliphatic carbocycles. The molecule has 0 saturated carbocycles. The van der Waals surface area contributed by atoms with E-state index in [1.165, 1.54) is 0 Å². The Balaban J connectivity index is 1.89. The number of nitrogens with zero attached hydrogens (tertiary/aromatic N) is 1. The van der Waals surface area contributed by atoms with E-state index in [4.69, 9.17) is 4.74 Å². The largest absolute Gasteiger partial charge is 0.497 e. The molecular weight excluding hydrogens is 296 g/mol. The smallest absolute Gasteiger partial charge is 0.220 e. The summed E-state index contributed by atoms with van der Waals surface area (Å²) in [6.45, 7) is 4.90. The van der Waals surface area contributed by atoms with Crippen LogP contribution in [0.25, 0.3) is 11.3 Å². The summed E-state index contributed by atoms with van der Waals surface area (Å²) in [5.74, 6) is 1.40. The Morgan fingerprint density at radius 1 is 1.32 bits per heavy atom. The number of thiazole rings is 1. The van der Waals surface area contributed by atoms with Crippen LogP contribution in [-0.2, 0) is 11.2 Å². The van der Waals surface area contributed by atoms with Crippen molar-refractivity contribution in [3.05, 3.63) is 34.7 Å². The van der Waals surface area contributed by atoms with Gasteiger partial charge in [0.15, 0.2) is 0 Å². The van der Waals surface area contributed by atoms with Gasteiger partial charge in [0.2, 0.25) is 5.91 Å². The van der Waals surface area contributed by atoms with E-state index >= 15 is 0 Å². The number of carbonyl (C=O) groups is 1. The van der Waals surface area contributed by atoms with Crippen LogP contribution in [0.5, 0.6) is 5.75 Å². The van der Waals surface area contributed by atoms with E-state index in [0.29, 0.717) is 18.8 Å². The maximum Gasteiger partial charge on any atom is 0.220 e. The third-order valence-electron chi connectivity index (χ3n) is 3.21. The molecule has 22 heavy (non-hydrogen) atoms. The summed E-state index contributed by atoms with van der Waals surface area (Å²) < 4.78 is 5.15. The molecule has 0 fully saturated rings. The van der Waals surface area contributed by atoms with Gasteiger partial charge in [0.25, 0.3) is 0 Å². The third kappa shape index (κ3) is 4.84. The van der Waals surface area contributed by atoms with Crippen LogP contribution in [0.15, 0.2) is 29.6 Å². The van der Waals surface area contributed by atoms with Gasteiger partial charge in [-0.3, -0.25) is 4.79 Å². The normalized spacial score (nSPS) is 10.7. The predicted octanol–water partition coefficient (Wildman–Crippen LogP) is 3.52. The number of hydrogen-bond acceptors (Lipinski definition) is 4. The topological polar surface area (TPSA) is 51.2 Å². The molecule has 118 valence electrons. The average molecular weight is 318 g/mol. The van der Waals surface area contributed by atoms with Gasteiger partial charge in [-0.25, -0.2) is 4.98 Å². The van der Waals surface area contributed by atoms with Gasteiger partial charge in [-0.1, -0.05) is 13.8 Å². The van der Waals surface area contributed by atoms with E-state index in [9.17, 15) is 4.79 Å². The number of benzene rings is 1. The Hall–Kier alpha value is -1.88. The van der Waals surface area contributed by atoms with Gasteiger partial charge in [-0.2, -0.15) is 0 Å². The molecule has 0 unspecified atom stereocenters. The number of amides is 1. The third-order valence-corrected chi connectivity index (χ3v) is 4.12. The Morgan fingerprint density at radius 3 is 2.68 bits per heavy atom. The lowest BCUT2D eigenvalue weighted by Gasteiger charge is -2.06. The SMILES string of the molecule is COc1ccc(-c2csc(CCC(=O)NCC(C)C)n2)cc1. The van der Waals surface area contributed by atoms with Crippen molar-refractivity contribution in [2.24, 2.45) is 5.92 Å². The molecule has 1 N–H and O–H groups in total. The van der Waals surface area contributed by atoms with E-state index < -0.39 is 0 Å². The van der Waals surface area contributed by atoms with E-state index in [1.54, 1.807) is 18.4 Å². The second kappa shape index (κ2) is 7.94. The molecule has 1 aromatic heterocycles. The minimum absolute atomic E-state index is 0.0925. The second-order valence-electron chi connectivity index (χ2n) is 5.55. The standard InChI is InChI=1S/C17H22N2O2S/c1-12(2)10-18-16(20)8-9-17-19-15(11-22-17)13-4-6-14(21-3)7-5-13/h4-7,11-12H,8-10H2,1-3H3,(H,18,20). The predicted molar refractivity (Wildman–Crippen MR) is 90.3 cm³/mol. The van der Waals surface area contributed by atoms with Crippen molar-refractivity contribution in [2.45, 2.75) is 26.7 Å². The molecule has 5 heteroatoms. The number of rotatable bonds is 7. The molecule has 0 saturated heterocycles. The van der Waals surface area contributed by atoms with Crippen LogP contribution in [0.2, 0.25) is 0 Å². The number of aromatic nitrogens is 1. The minimum atomic E-state index is 0.0925. The molecule has 1 amide bonds. The monoisotopic (exact) mass is 318 g/mol. The Morgan fingerprint density at radius 2 is 2.05 bits per heavy atom. The van der Waals surface area contributed by atoms with Crippen LogP contribution in [0, 0.1) is 5.92 Å². The highest BCUT2D eigenvalue weighted by molar-refractivity contribution is 7.09. The first kappa shape index (κ1) is 16.5. The highest BCUT2D eigenvalue weighted by Crippen LogP contribution is 2.24. The fourth-order valence-corrected chi connectivity index (χ4v) is 2.75. The summed E-state index contributed by atoms with van der Waals surface area (Å²) in [7, 11) is 1.65. The lowest BCUT2D eigenvalue weighted by molar-refractivity contribution is -0.121. The molecule has 0 aliphatic heterocycles. The van der Waals surface area contributed by atoms with Crippen LogP contribution in [-0.4, -0.2) is 24.5 Å². The van der Waals surface area contributed by atoms with Crippen LogP contribution in [0.3, 0.4) is 0 Å². The first-order valence-corrected chi connectivity index (χ1v) is 8.32. The summed E-state index contributed by atoms with van der Waals surface area (Å²) >= 11 is 1.60. The molecule has 2 aromatic rings.